The lowest BCUT2D eigenvalue weighted by Gasteiger charge is -2.36. The molecule has 2 heterocycles. The van der Waals surface area contributed by atoms with Crippen LogP contribution in [-0.4, -0.2) is 88.1 Å². The number of hydrogen-bond acceptors (Lipinski definition) is 5. The van der Waals surface area contributed by atoms with Gasteiger partial charge in [-0.1, -0.05) is 18.2 Å². The lowest BCUT2D eigenvalue weighted by Crippen LogP contribution is -2.47. The van der Waals surface area contributed by atoms with Crippen molar-refractivity contribution in [2.45, 2.75) is 26.2 Å². The molecule has 0 aliphatic carbocycles. The molecule has 3 N–H and O–H groups in total. The van der Waals surface area contributed by atoms with Gasteiger partial charge < -0.3 is 25.4 Å². The molecule has 2 aliphatic heterocycles. The normalized spacial score (nSPS) is 23.0. The molecule has 0 radical (unpaired) electrons. The van der Waals surface area contributed by atoms with Gasteiger partial charge in [0.1, 0.15) is 0 Å². The molecule has 1 aromatic carbocycles. The van der Waals surface area contributed by atoms with Crippen LogP contribution in [0, 0.1) is 5.41 Å². The molecule has 2 saturated heterocycles. The first-order valence-corrected chi connectivity index (χ1v) is 11.5. The summed E-state index contributed by atoms with van der Waals surface area (Å²) >= 11 is 0. The third kappa shape index (κ3) is 6.86. The SMILES string of the molecule is CCNC(=NCC1(CCO)CCOC1)NCCCN1CCN(c2ccccc2)CC1. The monoisotopic (exact) mass is 417 g/mol. The van der Waals surface area contributed by atoms with Crippen LogP contribution in [0.25, 0.3) is 0 Å². The lowest BCUT2D eigenvalue weighted by atomic mass is 9.84. The number of aliphatic hydroxyl groups excluding tert-OH is 1. The number of hydrogen-bond donors (Lipinski definition) is 3. The number of piperazine rings is 1. The number of para-hydroxylation sites is 1. The fraction of sp³-hybridized carbons (Fsp3) is 0.696. The van der Waals surface area contributed by atoms with Crippen LogP contribution in [0.5, 0.6) is 0 Å². The van der Waals surface area contributed by atoms with Crippen LogP contribution in [0.2, 0.25) is 0 Å². The van der Waals surface area contributed by atoms with Gasteiger partial charge in [-0.25, -0.2) is 0 Å². The predicted molar refractivity (Wildman–Crippen MR) is 123 cm³/mol. The zero-order valence-corrected chi connectivity index (χ0v) is 18.5. The maximum absolute atomic E-state index is 9.40. The van der Waals surface area contributed by atoms with E-state index in [1.54, 1.807) is 0 Å². The van der Waals surface area contributed by atoms with Gasteiger partial charge in [-0.3, -0.25) is 9.89 Å². The summed E-state index contributed by atoms with van der Waals surface area (Å²) in [4.78, 5) is 9.82. The van der Waals surface area contributed by atoms with Crippen molar-refractivity contribution in [1.29, 1.82) is 0 Å². The van der Waals surface area contributed by atoms with E-state index in [2.05, 4.69) is 57.7 Å². The summed E-state index contributed by atoms with van der Waals surface area (Å²) in [6.07, 6.45) is 2.83. The summed E-state index contributed by atoms with van der Waals surface area (Å²) in [5.74, 6) is 0.871. The minimum absolute atomic E-state index is 0.00443. The van der Waals surface area contributed by atoms with Gasteiger partial charge in [0.2, 0.25) is 0 Å². The summed E-state index contributed by atoms with van der Waals surface area (Å²) in [7, 11) is 0. The Morgan fingerprint density at radius 3 is 2.63 bits per heavy atom. The van der Waals surface area contributed by atoms with E-state index >= 15 is 0 Å². The summed E-state index contributed by atoms with van der Waals surface area (Å²) < 4.78 is 5.58. The summed E-state index contributed by atoms with van der Waals surface area (Å²) in [6.45, 7) is 11.7. The Balaban J connectivity index is 1.36. The molecule has 168 valence electrons. The Morgan fingerprint density at radius 2 is 1.97 bits per heavy atom. The summed E-state index contributed by atoms with van der Waals surface area (Å²) in [6, 6.07) is 10.7. The van der Waals surface area contributed by atoms with Crippen molar-refractivity contribution in [2.75, 3.05) is 77.1 Å². The zero-order chi connectivity index (χ0) is 21.1. The fourth-order valence-corrected chi connectivity index (χ4v) is 4.25. The van der Waals surface area contributed by atoms with E-state index in [1.165, 1.54) is 5.69 Å². The van der Waals surface area contributed by atoms with Gasteiger partial charge in [-0.2, -0.15) is 0 Å². The van der Waals surface area contributed by atoms with Crippen LogP contribution in [0.4, 0.5) is 5.69 Å². The first-order valence-electron chi connectivity index (χ1n) is 11.5. The number of benzene rings is 1. The maximum atomic E-state index is 9.40. The average Bonchev–Trinajstić information content (AvgIpc) is 3.25. The molecule has 0 aromatic heterocycles. The number of nitrogens with one attached hydrogen (secondary N) is 2. The molecule has 0 spiro atoms. The molecule has 30 heavy (non-hydrogen) atoms. The van der Waals surface area contributed by atoms with Crippen LogP contribution in [0.15, 0.2) is 35.3 Å². The van der Waals surface area contributed by atoms with Gasteiger partial charge in [0.05, 0.1) is 13.2 Å². The third-order valence-electron chi connectivity index (χ3n) is 6.18. The number of aliphatic hydroxyl groups is 1. The Labute approximate surface area is 181 Å². The first kappa shape index (κ1) is 22.8. The van der Waals surface area contributed by atoms with Gasteiger partial charge in [-0.05, 0) is 44.9 Å². The van der Waals surface area contributed by atoms with Crippen molar-refractivity contribution in [2.24, 2.45) is 10.4 Å². The van der Waals surface area contributed by atoms with Crippen LogP contribution < -0.4 is 15.5 Å². The maximum Gasteiger partial charge on any atom is 0.191 e. The molecule has 7 nitrogen and oxygen atoms in total. The van der Waals surface area contributed by atoms with Crippen molar-refractivity contribution in [1.82, 2.24) is 15.5 Å². The van der Waals surface area contributed by atoms with Crippen LogP contribution in [0.3, 0.4) is 0 Å². The third-order valence-corrected chi connectivity index (χ3v) is 6.18. The van der Waals surface area contributed by atoms with E-state index in [1.807, 2.05) is 0 Å². The Hall–Kier alpha value is -1.83. The topological polar surface area (TPSA) is 72.4 Å². The van der Waals surface area contributed by atoms with E-state index in [9.17, 15) is 5.11 Å². The molecule has 2 fully saturated rings. The van der Waals surface area contributed by atoms with Crippen molar-refractivity contribution in [3.05, 3.63) is 30.3 Å². The molecule has 0 bridgehead atoms. The van der Waals surface area contributed by atoms with E-state index in [4.69, 9.17) is 9.73 Å². The van der Waals surface area contributed by atoms with Gasteiger partial charge in [-0.15, -0.1) is 0 Å². The molecule has 3 rings (SSSR count). The molecule has 2 aliphatic rings. The quantitative estimate of drug-likeness (QED) is 0.305. The largest absolute Gasteiger partial charge is 0.396 e. The Kier molecular flexibility index (Phi) is 9.24. The van der Waals surface area contributed by atoms with E-state index in [-0.39, 0.29) is 12.0 Å². The van der Waals surface area contributed by atoms with Crippen molar-refractivity contribution in [3.8, 4) is 0 Å². The van der Waals surface area contributed by atoms with Crippen LogP contribution >= 0.6 is 0 Å². The predicted octanol–water partition coefficient (Wildman–Crippen LogP) is 1.54. The number of ether oxygens (including phenoxy) is 1. The summed E-state index contributed by atoms with van der Waals surface area (Å²) in [5, 5.41) is 16.2. The highest BCUT2D eigenvalue weighted by atomic mass is 16.5. The molecule has 0 saturated carbocycles. The molecule has 1 atom stereocenters. The van der Waals surface area contributed by atoms with E-state index in [0.29, 0.717) is 13.2 Å². The number of nitrogens with zero attached hydrogens (tertiary/aromatic N) is 3. The number of aliphatic imine (C=N–C) groups is 1. The minimum Gasteiger partial charge on any atom is -0.396 e. The lowest BCUT2D eigenvalue weighted by molar-refractivity contribution is 0.131. The molecule has 0 amide bonds. The fourth-order valence-electron chi connectivity index (χ4n) is 4.25. The first-order chi connectivity index (χ1) is 14.7. The van der Waals surface area contributed by atoms with Crippen molar-refractivity contribution >= 4 is 11.6 Å². The van der Waals surface area contributed by atoms with Gasteiger partial charge in [0.25, 0.3) is 0 Å². The Morgan fingerprint density at radius 1 is 1.17 bits per heavy atom. The van der Waals surface area contributed by atoms with Crippen molar-refractivity contribution < 1.29 is 9.84 Å². The second-order valence-electron chi connectivity index (χ2n) is 8.42. The van der Waals surface area contributed by atoms with Crippen LogP contribution in [-0.2, 0) is 4.74 Å². The van der Waals surface area contributed by atoms with Gasteiger partial charge in [0.15, 0.2) is 5.96 Å². The number of anilines is 1. The highest BCUT2D eigenvalue weighted by molar-refractivity contribution is 5.79. The van der Waals surface area contributed by atoms with Gasteiger partial charge >= 0.3 is 0 Å². The van der Waals surface area contributed by atoms with Crippen LogP contribution in [0.1, 0.15) is 26.2 Å². The number of rotatable bonds is 10. The van der Waals surface area contributed by atoms with Crippen molar-refractivity contribution in [3.63, 3.8) is 0 Å². The minimum atomic E-state index is -0.00443. The molecular formula is C23H39N5O2. The average molecular weight is 418 g/mol. The van der Waals surface area contributed by atoms with Gasteiger partial charge in [0, 0.05) is 63.6 Å². The standard InChI is InChI=1S/C23H39N5O2/c1-2-24-22(26-19-23(9-17-29)10-18-30-20-23)25-11-6-12-27-13-15-28(16-14-27)21-7-4-3-5-8-21/h3-5,7-8,29H,2,6,9-20H2,1H3,(H2,24,25,26). The number of guanidine groups is 1. The highest BCUT2D eigenvalue weighted by Crippen LogP contribution is 2.32. The second-order valence-corrected chi connectivity index (χ2v) is 8.42. The molecule has 1 aromatic rings. The zero-order valence-electron chi connectivity index (χ0n) is 18.5. The molecular weight excluding hydrogens is 378 g/mol. The van der Waals surface area contributed by atoms with E-state index in [0.717, 1.165) is 77.6 Å². The molecule has 7 heteroatoms. The second kappa shape index (κ2) is 12.1. The Bertz CT molecular complexity index is 626. The highest BCUT2D eigenvalue weighted by Gasteiger charge is 2.34. The summed E-state index contributed by atoms with van der Waals surface area (Å²) in [5.41, 5.74) is 1.33. The smallest absolute Gasteiger partial charge is 0.191 e. The molecule has 1 unspecified atom stereocenters. The van der Waals surface area contributed by atoms with E-state index < -0.39 is 0 Å².